The van der Waals surface area contributed by atoms with Gasteiger partial charge in [-0.15, -0.1) is 0 Å². The van der Waals surface area contributed by atoms with Gasteiger partial charge in [0.2, 0.25) is 5.95 Å². The highest BCUT2D eigenvalue weighted by Gasteiger charge is 2.28. The highest BCUT2D eigenvalue weighted by atomic mass is 15.3. The summed E-state index contributed by atoms with van der Waals surface area (Å²) in [6, 6.07) is 69.5. The molecule has 0 atom stereocenters. The van der Waals surface area contributed by atoms with Gasteiger partial charge in [0.25, 0.3) is 0 Å². The number of rotatable bonds is 10. The minimum atomic E-state index is 0.0216. The molecule has 0 amide bonds. The molecule has 4 heteroatoms. The van der Waals surface area contributed by atoms with Crippen molar-refractivity contribution in [2.45, 2.75) is 54.4 Å². The van der Waals surface area contributed by atoms with Gasteiger partial charge in [0.15, 0.2) is 11.6 Å². The van der Waals surface area contributed by atoms with E-state index in [1.54, 1.807) is 0 Å². The normalized spacial score (nSPS) is 11.3. The van der Waals surface area contributed by atoms with Gasteiger partial charge in [-0.25, -0.2) is 4.98 Å². The fourth-order valence-electron chi connectivity index (χ4n) is 10.3. The van der Waals surface area contributed by atoms with Gasteiger partial charge in [0.1, 0.15) is 0 Å². The summed E-state index contributed by atoms with van der Waals surface area (Å²) in [7, 11) is 0. The average molecular weight is 867 g/mol. The van der Waals surface area contributed by atoms with Gasteiger partial charge in [-0.3, -0.25) is 4.90 Å². The molecule has 0 spiro atoms. The van der Waals surface area contributed by atoms with Crippen molar-refractivity contribution in [1.82, 2.24) is 15.0 Å². The summed E-state index contributed by atoms with van der Waals surface area (Å²) in [6.45, 7) is 15.7. The molecule has 1 aromatic heterocycles. The molecular formula is C63H54N4. The van der Waals surface area contributed by atoms with Crippen LogP contribution >= 0.6 is 0 Å². The first-order valence-electron chi connectivity index (χ1n) is 23.2. The minimum Gasteiger partial charge on any atom is -0.278 e. The molecule has 0 fully saturated rings. The third-order valence-corrected chi connectivity index (χ3v) is 13.1. The van der Waals surface area contributed by atoms with Crippen molar-refractivity contribution in [3.8, 4) is 45.0 Å². The highest BCUT2D eigenvalue weighted by molar-refractivity contribution is 5.98. The Morgan fingerprint density at radius 1 is 0.343 bits per heavy atom. The van der Waals surface area contributed by atoms with Crippen molar-refractivity contribution in [2.24, 2.45) is 0 Å². The van der Waals surface area contributed by atoms with Crippen molar-refractivity contribution < 1.29 is 0 Å². The standard InChI is InChI=1S/C63H54N4/c1-40-32-43(4)58(44(5)33-40)60(59-45(6)34-41(2)35-46(59)7)53-30-31-56(42(3)36-53)67(57-39-52-27-18-17-26-51(52)38-55(57)48-22-13-9-14-23-48)63-65-61(49-24-15-10-16-25-49)64-62(66-63)54-29-19-28-50(37-54)47-20-11-8-12-21-47/h8-39,60H,1-7H3. The highest BCUT2D eigenvalue weighted by Crippen LogP contribution is 2.46. The van der Waals surface area contributed by atoms with Crippen molar-refractivity contribution in [2.75, 3.05) is 4.90 Å². The Bertz CT molecular complexity index is 3330. The Kier molecular flexibility index (Phi) is 11.6. The molecule has 0 radical (unpaired) electrons. The summed E-state index contributed by atoms with van der Waals surface area (Å²) in [6.07, 6.45) is 0. The molecule has 1 heterocycles. The predicted octanol–water partition coefficient (Wildman–Crippen LogP) is 16.5. The Balaban J connectivity index is 1.25. The van der Waals surface area contributed by atoms with Gasteiger partial charge >= 0.3 is 0 Å². The second kappa shape index (κ2) is 18.1. The maximum absolute atomic E-state index is 5.49. The number of hydrogen-bond donors (Lipinski definition) is 0. The lowest BCUT2D eigenvalue weighted by Gasteiger charge is -2.30. The Morgan fingerprint density at radius 3 is 1.39 bits per heavy atom. The molecule has 0 aliphatic heterocycles. The van der Waals surface area contributed by atoms with Crippen molar-refractivity contribution >= 4 is 28.1 Å². The summed E-state index contributed by atoms with van der Waals surface area (Å²) in [4.78, 5) is 18.4. The van der Waals surface area contributed by atoms with Gasteiger partial charge in [0, 0.05) is 22.6 Å². The number of hydrogen-bond acceptors (Lipinski definition) is 4. The predicted molar refractivity (Wildman–Crippen MR) is 281 cm³/mol. The second-order valence-electron chi connectivity index (χ2n) is 18.1. The van der Waals surface area contributed by atoms with Gasteiger partial charge in [-0.1, -0.05) is 181 Å². The summed E-state index contributed by atoms with van der Waals surface area (Å²) in [5.41, 5.74) is 21.0. The van der Waals surface area contributed by atoms with E-state index in [1.807, 2.05) is 24.3 Å². The number of aryl methyl sites for hydroxylation is 7. The third kappa shape index (κ3) is 8.55. The zero-order valence-electron chi connectivity index (χ0n) is 39.3. The first-order valence-corrected chi connectivity index (χ1v) is 23.2. The summed E-state index contributed by atoms with van der Waals surface area (Å²) >= 11 is 0. The van der Waals surface area contributed by atoms with Crippen LogP contribution in [0.1, 0.15) is 61.6 Å². The van der Waals surface area contributed by atoms with E-state index in [-0.39, 0.29) is 5.92 Å². The van der Waals surface area contributed by atoms with E-state index < -0.39 is 0 Å². The SMILES string of the molecule is Cc1cc(C)c(C(c2ccc(N(c3nc(-c4ccccc4)nc(-c4cccc(-c5ccccc5)c4)n3)c3cc4ccccc4cc3-c3ccccc3)c(C)c2)c2c(C)cc(C)cc2C)c(C)c1. The fraction of sp³-hybridized carbons (Fsp3) is 0.127. The van der Waals surface area contributed by atoms with E-state index >= 15 is 0 Å². The van der Waals surface area contributed by atoms with E-state index in [4.69, 9.17) is 15.0 Å². The maximum atomic E-state index is 5.49. The molecule has 0 aliphatic rings. The lowest BCUT2D eigenvalue weighted by molar-refractivity contribution is 0.916. The van der Waals surface area contributed by atoms with Gasteiger partial charge in [-0.05, 0) is 145 Å². The molecule has 4 nitrogen and oxygen atoms in total. The molecule has 0 aliphatic carbocycles. The molecule has 0 bridgehead atoms. The molecule has 0 N–H and O–H groups in total. The van der Waals surface area contributed by atoms with Crippen LogP contribution in [-0.4, -0.2) is 15.0 Å². The molecular weight excluding hydrogens is 813 g/mol. The Labute approximate surface area is 395 Å². The molecule has 0 saturated heterocycles. The van der Waals surface area contributed by atoms with Gasteiger partial charge in [0.05, 0.1) is 11.4 Å². The van der Waals surface area contributed by atoms with Crippen LogP contribution in [0.3, 0.4) is 0 Å². The number of aromatic nitrogens is 3. The summed E-state index contributed by atoms with van der Waals surface area (Å²) in [5, 5.41) is 2.28. The fourth-order valence-corrected chi connectivity index (χ4v) is 10.3. The molecule has 67 heavy (non-hydrogen) atoms. The zero-order valence-corrected chi connectivity index (χ0v) is 39.3. The number of benzene rings is 9. The van der Waals surface area contributed by atoms with Crippen LogP contribution in [0.25, 0.3) is 55.8 Å². The van der Waals surface area contributed by atoms with Crippen LogP contribution in [0.15, 0.2) is 194 Å². The molecule has 9 aromatic carbocycles. The van der Waals surface area contributed by atoms with E-state index in [9.17, 15) is 0 Å². The largest absolute Gasteiger partial charge is 0.278 e. The third-order valence-electron chi connectivity index (χ3n) is 13.1. The van der Waals surface area contributed by atoms with Crippen LogP contribution in [0.5, 0.6) is 0 Å². The van der Waals surface area contributed by atoms with E-state index in [1.165, 1.54) is 50.1 Å². The maximum Gasteiger partial charge on any atom is 0.238 e. The first kappa shape index (κ1) is 43.0. The average Bonchev–Trinajstić information content (AvgIpc) is 3.34. The Hall–Kier alpha value is -7.95. The Morgan fingerprint density at radius 2 is 0.821 bits per heavy atom. The van der Waals surface area contributed by atoms with Crippen LogP contribution < -0.4 is 4.90 Å². The van der Waals surface area contributed by atoms with Crippen LogP contribution in [0, 0.1) is 48.5 Å². The van der Waals surface area contributed by atoms with Gasteiger partial charge in [-0.2, -0.15) is 9.97 Å². The van der Waals surface area contributed by atoms with Crippen molar-refractivity contribution in [1.29, 1.82) is 0 Å². The molecule has 10 aromatic rings. The van der Waals surface area contributed by atoms with Crippen LogP contribution in [0.4, 0.5) is 17.3 Å². The molecule has 0 unspecified atom stereocenters. The molecule has 326 valence electrons. The van der Waals surface area contributed by atoms with Crippen molar-refractivity contribution in [3.05, 3.63) is 250 Å². The quantitative estimate of drug-likeness (QED) is 0.128. The lowest BCUT2D eigenvalue weighted by atomic mass is 9.76. The van der Waals surface area contributed by atoms with Crippen LogP contribution in [0.2, 0.25) is 0 Å². The number of fused-ring (bicyclic) bond motifs is 1. The van der Waals surface area contributed by atoms with Gasteiger partial charge < -0.3 is 0 Å². The van der Waals surface area contributed by atoms with E-state index in [2.05, 4.69) is 223 Å². The van der Waals surface area contributed by atoms with E-state index in [0.29, 0.717) is 17.6 Å². The van der Waals surface area contributed by atoms with Crippen molar-refractivity contribution in [3.63, 3.8) is 0 Å². The molecule has 0 saturated carbocycles. The topological polar surface area (TPSA) is 41.9 Å². The number of nitrogens with zero attached hydrogens (tertiary/aromatic N) is 4. The summed E-state index contributed by atoms with van der Waals surface area (Å²) < 4.78 is 0. The number of anilines is 3. The monoisotopic (exact) mass is 866 g/mol. The smallest absolute Gasteiger partial charge is 0.238 e. The van der Waals surface area contributed by atoms with E-state index in [0.717, 1.165) is 61.1 Å². The molecule has 10 rings (SSSR count). The lowest BCUT2D eigenvalue weighted by Crippen LogP contribution is -2.18. The minimum absolute atomic E-state index is 0.0216. The zero-order chi connectivity index (χ0) is 46.2. The first-order chi connectivity index (χ1) is 32.6. The second-order valence-corrected chi connectivity index (χ2v) is 18.1. The van der Waals surface area contributed by atoms with Crippen LogP contribution in [-0.2, 0) is 0 Å². The summed E-state index contributed by atoms with van der Waals surface area (Å²) in [5.74, 6) is 1.75.